The minimum Gasteiger partial charge on any atom is -0.466 e. The Hall–Kier alpha value is -1.49. The van der Waals surface area contributed by atoms with Crippen LogP contribution in [-0.4, -0.2) is 30.2 Å². The van der Waals surface area contributed by atoms with Gasteiger partial charge in [0.15, 0.2) is 5.96 Å². The average Bonchev–Trinajstić information content (AvgIpc) is 2.79. The fourth-order valence-corrected chi connectivity index (χ4v) is 1.49. The molecule has 0 spiro atoms. The van der Waals surface area contributed by atoms with Crippen LogP contribution in [-0.2, 0) is 5.60 Å². The van der Waals surface area contributed by atoms with Gasteiger partial charge in [0.2, 0.25) is 0 Å². The van der Waals surface area contributed by atoms with Crippen LogP contribution in [0.1, 0.15) is 33.5 Å². The van der Waals surface area contributed by atoms with Crippen LogP contribution < -0.4 is 10.6 Å². The van der Waals surface area contributed by atoms with Crippen LogP contribution in [0.25, 0.3) is 0 Å². The molecule has 0 fully saturated rings. The molecule has 0 saturated carbocycles. The quantitative estimate of drug-likeness (QED) is 0.549. The van der Waals surface area contributed by atoms with E-state index in [4.69, 9.17) is 4.42 Å². The normalized spacial score (nSPS) is 15.6. The first-order valence-electron chi connectivity index (χ1n) is 6.27. The van der Waals surface area contributed by atoms with Crippen molar-refractivity contribution in [2.75, 3.05) is 13.1 Å². The zero-order chi connectivity index (χ0) is 13.6. The average molecular weight is 253 g/mol. The lowest BCUT2D eigenvalue weighted by Gasteiger charge is -2.20. The van der Waals surface area contributed by atoms with Gasteiger partial charge < -0.3 is 20.2 Å². The molecule has 0 radical (unpaired) electrons. The van der Waals surface area contributed by atoms with Gasteiger partial charge in [-0.2, -0.15) is 0 Å². The second-order valence-electron chi connectivity index (χ2n) is 4.75. The van der Waals surface area contributed by atoms with Crippen LogP contribution in [0, 0.1) is 0 Å². The zero-order valence-corrected chi connectivity index (χ0v) is 11.5. The summed E-state index contributed by atoms with van der Waals surface area (Å²) < 4.78 is 5.21. The van der Waals surface area contributed by atoms with Crippen LogP contribution >= 0.6 is 0 Å². The first-order valence-corrected chi connectivity index (χ1v) is 6.27. The maximum atomic E-state index is 10.3. The summed E-state index contributed by atoms with van der Waals surface area (Å²) in [5.41, 5.74) is -1.09. The van der Waals surface area contributed by atoms with E-state index >= 15 is 0 Å². The lowest BCUT2D eigenvalue weighted by Crippen LogP contribution is -2.42. The van der Waals surface area contributed by atoms with Crippen molar-refractivity contribution in [2.45, 2.75) is 39.3 Å². The highest BCUT2D eigenvalue weighted by atomic mass is 16.4. The highest BCUT2D eigenvalue weighted by molar-refractivity contribution is 5.80. The number of hydrogen-bond donors (Lipinski definition) is 3. The van der Waals surface area contributed by atoms with Gasteiger partial charge in [-0.15, -0.1) is 0 Å². The molecule has 1 aromatic heterocycles. The third kappa shape index (κ3) is 4.41. The van der Waals surface area contributed by atoms with Crippen LogP contribution in [0.2, 0.25) is 0 Å². The summed E-state index contributed by atoms with van der Waals surface area (Å²) in [7, 11) is 0. The first-order chi connectivity index (χ1) is 8.45. The highest BCUT2D eigenvalue weighted by Crippen LogP contribution is 2.20. The van der Waals surface area contributed by atoms with Gasteiger partial charge >= 0.3 is 0 Å². The van der Waals surface area contributed by atoms with E-state index in [-0.39, 0.29) is 12.6 Å². The molecule has 1 rings (SSSR count). The Morgan fingerprint density at radius 1 is 1.56 bits per heavy atom. The van der Waals surface area contributed by atoms with Crippen LogP contribution in [0.3, 0.4) is 0 Å². The number of nitrogens with one attached hydrogen (secondary N) is 2. The van der Waals surface area contributed by atoms with Crippen molar-refractivity contribution in [3.05, 3.63) is 24.2 Å². The molecule has 0 aromatic carbocycles. The predicted octanol–water partition coefficient (Wildman–Crippen LogP) is 1.45. The van der Waals surface area contributed by atoms with Gasteiger partial charge in [0.05, 0.1) is 12.8 Å². The third-order valence-corrected chi connectivity index (χ3v) is 2.37. The van der Waals surface area contributed by atoms with Crippen molar-refractivity contribution < 1.29 is 9.52 Å². The summed E-state index contributed by atoms with van der Waals surface area (Å²) >= 11 is 0. The van der Waals surface area contributed by atoms with E-state index in [0.717, 1.165) is 6.54 Å². The second kappa shape index (κ2) is 6.44. The molecule has 1 aromatic rings. The predicted molar refractivity (Wildman–Crippen MR) is 72.5 cm³/mol. The molecule has 3 N–H and O–H groups in total. The Bertz CT molecular complexity index is 370. The summed E-state index contributed by atoms with van der Waals surface area (Å²) in [6, 6.07) is 3.79. The van der Waals surface area contributed by atoms with Gasteiger partial charge in [-0.05, 0) is 39.8 Å². The number of rotatable bonds is 5. The third-order valence-electron chi connectivity index (χ3n) is 2.37. The van der Waals surface area contributed by atoms with Crippen LogP contribution in [0.4, 0.5) is 0 Å². The van der Waals surface area contributed by atoms with E-state index in [1.165, 1.54) is 0 Å². The van der Waals surface area contributed by atoms with Crippen LogP contribution in [0.5, 0.6) is 0 Å². The molecule has 5 nitrogen and oxygen atoms in total. The number of aliphatic hydroxyl groups is 1. The van der Waals surface area contributed by atoms with Crippen molar-refractivity contribution in [1.82, 2.24) is 10.6 Å². The molecule has 0 aliphatic heterocycles. The summed E-state index contributed by atoms with van der Waals surface area (Å²) in [5.74, 6) is 1.21. The van der Waals surface area contributed by atoms with Gasteiger partial charge in [-0.3, -0.25) is 0 Å². The summed E-state index contributed by atoms with van der Waals surface area (Å²) in [6.45, 7) is 8.79. The molecule has 0 bridgehead atoms. The van der Waals surface area contributed by atoms with Crippen molar-refractivity contribution in [3.63, 3.8) is 0 Å². The number of aliphatic imine (C=N–C) groups is 1. The van der Waals surface area contributed by atoms with E-state index < -0.39 is 5.60 Å². The van der Waals surface area contributed by atoms with E-state index in [2.05, 4.69) is 15.6 Å². The SMILES string of the molecule is CCNC(=NCC(C)(O)c1ccco1)NC(C)C. The van der Waals surface area contributed by atoms with Gasteiger partial charge in [0.25, 0.3) is 0 Å². The lowest BCUT2D eigenvalue weighted by atomic mass is 10.0. The fourth-order valence-electron chi connectivity index (χ4n) is 1.49. The van der Waals surface area contributed by atoms with E-state index in [0.29, 0.717) is 11.7 Å². The Balaban J connectivity index is 2.69. The number of nitrogens with zero attached hydrogens (tertiary/aromatic N) is 1. The smallest absolute Gasteiger partial charge is 0.191 e. The van der Waals surface area contributed by atoms with Crippen molar-refractivity contribution in [2.24, 2.45) is 4.99 Å². The monoisotopic (exact) mass is 253 g/mol. The van der Waals surface area contributed by atoms with Gasteiger partial charge in [-0.25, -0.2) is 4.99 Å². The number of guanidine groups is 1. The molecule has 5 heteroatoms. The van der Waals surface area contributed by atoms with Crippen LogP contribution in [0.15, 0.2) is 27.8 Å². The molecule has 1 heterocycles. The molecule has 0 saturated heterocycles. The highest BCUT2D eigenvalue weighted by Gasteiger charge is 2.26. The van der Waals surface area contributed by atoms with Crippen molar-refractivity contribution in [3.8, 4) is 0 Å². The van der Waals surface area contributed by atoms with E-state index in [1.807, 2.05) is 20.8 Å². The van der Waals surface area contributed by atoms with Gasteiger partial charge in [0, 0.05) is 12.6 Å². The fraction of sp³-hybridized carbons (Fsp3) is 0.615. The molecular weight excluding hydrogens is 230 g/mol. The minimum atomic E-state index is -1.09. The van der Waals surface area contributed by atoms with Gasteiger partial charge in [0.1, 0.15) is 11.4 Å². The molecule has 18 heavy (non-hydrogen) atoms. The molecule has 102 valence electrons. The largest absolute Gasteiger partial charge is 0.466 e. The molecule has 0 aliphatic carbocycles. The first kappa shape index (κ1) is 14.6. The summed E-state index contributed by atoms with van der Waals surface area (Å²) in [6.07, 6.45) is 1.55. The maximum absolute atomic E-state index is 10.3. The molecule has 0 amide bonds. The van der Waals surface area contributed by atoms with Crippen molar-refractivity contribution >= 4 is 5.96 Å². The zero-order valence-electron chi connectivity index (χ0n) is 11.5. The topological polar surface area (TPSA) is 69.8 Å². The van der Waals surface area contributed by atoms with Crippen molar-refractivity contribution in [1.29, 1.82) is 0 Å². The Kier molecular flexibility index (Phi) is 5.22. The summed E-state index contributed by atoms with van der Waals surface area (Å²) in [4.78, 5) is 4.37. The number of furan rings is 1. The van der Waals surface area contributed by atoms with E-state index in [9.17, 15) is 5.11 Å². The van der Waals surface area contributed by atoms with Gasteiger partial charge in [-0.1, -0.05) is 0 Å². The Morgan fingerprint density at radius 2 is 2.28 bits per heavy atom. The molecule has 0 aliphatic rings. The number of hydrogen-bond acceptors (Lipinski definition) is 3. The Labute approximate surface area is 108 Å². The molecular formula is C13H23N3O2. The molecule has 1 atom stereocenters. The van der Waals surface area contributed by atoms with E-state index in [1.54, 1.807) is 25.3 Å². The maximum Gasteiger partial charge on any atom is 0.191 e. The second-order valence-corrected chi connectivity index (χ2v) is 4.75. The summed E-state index contributed by atoms with van der Waals surface area (Å²) in [5, 5.41) is 16.6. The Morgan fingerprint density at radius 3 is 2.78 bits per heavy atom. The lowest BCUT2D eigenvalue weighted by molar-refractivity contribution is 0.0437. The standard InChI is InChI=1S/C13H23N3O2/c1-5-14-12(16-10(2)3)15-9-13(4,17)11-7-6-8-18-11/h6-8,10,17H,5,9H2,1-4H3,(H2,14,15,16). The molecule has 1 unspecified atom stereocenters. The minimum absolute atomic E-state index is 0.239.